The van der Waals surface area contributed by atoms with Gasteiger partial charge in [0.05, 0.1) is 0 Å². The highest BCUT2D eigenvalue weighted by Crippen LogP contribution is 2.48. The summed E-state index contributed by atoms with van der Waals surface area (Å²) in [5.41, 5.74) is -3.53. The molecule has 4 rings (SSSR count). The fraction of sp³-hybridized carbons (Fsp3) is 0.550. The summed E-state index contributed by atoms with van der Waals surface area (Å²) in [4.78, 5) is 18.2. The molecule has 1 unspecified atom stereocenters. The lowest BCUT2D eigenvalue weighted by Crippen LogP contribution is -2.54. The molecule has 0 bridgehead atoms. The van der Waals surface area contributed by atoms with Crippen LogP contribution in [-0.2, 0) is 19.7 Å². The molecule has 1 atom stereocenters. The molecule has 2 aromatic rings. The molecule has 1 amide bonds. The lowest BCUT2D eigenvalue weighted by atomic mass is 9.86. The Hall–Kier alpha value is -2.53. The van der Waals surface area contributed by atoms with E-state index in [1.165, 1.54) is 25.3 Å². The topological polar surface area (TPSA) is 77.7 Å². The van der Waals surface area contributed by atoms with Crippen molar-refractivity contribution in [2.45, 2.75) is 36.5 Å². The van der Waals surface area contributed by atoms with E-state index in [0.717, 1.165) is 11.0 Å². The molecule has 2 saturated heterocycles. The average molecular weight is 443 g/mol. The van der Waals surface area contributed by atoms with Crippen molar-refractivity contribution in [3.05, 3.63) is 36.0 Å². The summed E-state index contributed by atoms with van der Waals surface area (Å²) < 4.78 is 72.0. The third kappa shape index (κ3) is 3.69. The number of amides is 1. The molecular formula is C20H21F4N3O4. The highest BCUT2D eigenvalue weighted by Gasteiger charge is 2.64. The van der Waals surface area contributed by atoms with Crippen molar-refractivity contribution in [3.63, 3.8) is 0 Å². The number of carbonyl (C=O) groups is 1. The predicted molar refractivity (Wildman–Crippen MR) is 98.4 cm³/mol. The number of likely N-dealkylation sites (tertiary alicyclic amines) is 1. The quantitative estimate of drug-likeness (QED) is 0.676. The smallest absolute Gasteiger partial charge is 0.381 e. The maximum absolute atomic E-state index is 14.3. The van der Waals surface area contributed by atoms with E-state index in [1.807, 2.05) is 0 Å². The van der Waals surface area contributed by atoms with Gasteiger partial charge in [-0.05, 0) is 18.6 Å². The minimum absolute atomic E-state index is 0.137. The number of ether oxygens (including phenoxy) is 2. The number of methoxy groups -OCH3 is 1. The van der Waals surface area contributed by atoms with Crippen LogP contribution in [0, 0.1) is 5.82 Å². The Labute approximate surface area is 175 Å². The first-order valence-electron chi connectivity index (χ1n) is 9.80. The summed E-state index contributed by atoms with van der Waals surface area (Å²) >= 11 is 0. The number of hydrogen-bond donors (Lipinski definition) is 0. The van der Waals surface area contributed by atoms with Gasteiger partial charge < -0.3 is 18.9 Å². The molecule has 11 heteroatoms. The third-order valence-electron chi connectivity index (χ3n) is 6.10. The van der Waals surface area contributed by atoms with Crippen LogP contribution in [0.15, 0.2) is 28.8 Å². The molecule has 0 spiro atoms. The number of alkyl halides is 3. The van der Waals surface area contributed by atoms with Crippen molar-refractivity contribution in [1.82, 2.24) is 15.0 Å². The van der Waals surface area contributed by atoms with Crippen LogP contribution < -0.4 is 0 Å². The first-order chi connectivity index (χ1) is 14.7. The van der Waals surface area contributed by atoms with Gasteiger partial charge in [-0.15, -0.1) is 0 Å². The molecule has 2 aliphatic rings. The van der Waals surface area contributed by atoms with Crippen LogP contribution in [0.3, 0.4) is 0 Å². The van der Waals surface area contributed by atoms with Crippen LogP contribution in [0.25, 0.3) is 11.4 Å². The second-order valence-corrected chi connectivity index (χ2v) is 7.80. The van der Waals surface area contributed by atoms with E-state index in [9.17, 15) is 22.4 Å². The molecule has 0 radical (unpaired) electrons. The average Bonchev–Trinajstić information content (AvgIpc) is 3.42. The molecule has 3 heterocycles. The zero-order chi connectivity index (χ0) is 22.3. The Morgan fingerprint density at radius 3 is 2.61 bits per heavy atom. The summed E-state index contributed by atoms with van der Waals surface area (Å²) in [6.07, 6.45) is -4.64. The number of carbonyl (C=O) groups excluding carboxylic acids is 1. The van der Waals surface area contributed by atoms with Crippen LogP contribution >= 0.6 is 0 Å². The Morgan fingerprint density at radius 2 is 1.97 bits per heavy atom. The van der Waals surface area contributed by atoms with Gasteiger partial charge in [-0.3, -0.25) is 4.79 Å². The van der Waals surface area contributed by atoms with Crippen molar-refractivity contribution < 1.29 is 36.4 Å². The molecule has 0 N–H and O–H groups in total. The van der Waals surface area contributed by atoms with E-state index in [0.29, 0.717) is 13.2 Å². The van der Waals surface area contributed by atoms with Gasteiger partial charge in [0.25, 0.3) is 5.91 Å². The number of nitrogens with zero attached hydrogens (tertiary/aromatic N) is 3. The van der Waals surface area contributed by atoms with Gasteiger partial charge in [0.1, 0.15) is 5.82 Å². The maximum atomic E-state index is 14.3. The summed E-state index contributed by atoms with van der Waals surface area (Å²) in [5.74, 6) is -1.88. The van der Waals surface area contributed by atoms with Gasteiger partial charge in [-0.2, -0.15) is 18.2 Å². The Morgan fingerprint density at radius 1 is 1.23 bits per heavy atom. The molecule has 2 aliphatic heterocycles. The molecule has 7 nitrogen and oxygen atoms in total. The van der Waals surface area contributed by atoms with Crippen molar-refractivity contribution in [1.29, 1.82) is 0 Å². The van der Waals surface area contributed by atoms with Crippen LogP contribution in [0.1, 0.15) is 25.2 Å². The highest BCUT2D eigenvalue weighted by molar-refractivity contribution is 5.86. The fourth-order valence-corrected chi connectivity index (χ4v) is 4.17. The number of halogens is 4. The van der Waals surface area contributed by atoms with Crippen molar-refractivity contribution in [2.75, 3.05) is 33.4 Å². The molecule has 1 aromatic carbocycles. The van der Waals surface area contributed by atoms with E-state index >= 15 is 0 Å². The van der Waals surface area contributed by atoms with Gasteiger partial charge in [0, 0.05) is 51.8 Å². The summed E-state index contributed by atoms with van der Waals surface area (Å²) in [6.45, 7) is -0.217. The largest absolute Gasteiger partial charge is 0.405 e. The Kier molecular flexibility index (Phi) is 5.50. The van der Waals surface area contributed by atoms with E-state index in [4.69, 9.17) is 14.0 Å². The zero-order valence-electron chi connectivity index (χ0n) is 16.7. The zero-order valence-corrected chi connectivity index (χ0v) is 16.7. The van der Waals surface area contributed by atoms with Gasteiger partial charge >= 0.3 is 6.18 Å². The molecule has 2 fully saturated rings. The van der Waals surface area contributed by atoms with Gasteiger partial charge in [0.15, 0.2) is 11.0 Å². The van der Waals surface area contributed by atoms with Crippen molar-refractivity contribution in [2.24, 2.45) is 0 Å². The minimum atomic E-state index is -4.75. The molecule has 0 aliphatic carbocycles. The first kappa shape index (κ1) is 21.7. The summed E-state index contributed by atoms with van der Waals surface area (Å²) in [6, 6.07) is 5.17. The van der Waals surface area contributed by atoms with Crippen molar-refractivity contribution in [3.8, 4) is 11.4 Å². The molecule has 1 aromatic heterocycles. The highest BCUT2D eigenvalue weighted by atomic mass is 19.4. The molecule has 0 saturated carbocycles. The van der Waals surface area contributed by atoms with Crippen molar-refractivity contribution >= 4 is 5.91 Å². The number of hydrogen-bond acceptors (Lipinski definition) is 6. The van der Waals surface area contributed by atoms with Crippen LogP contribution in [0.4, 0.5) is 17.6 Å². The van der Waals surface area contributed by atoms with Gasteiger partial charge in [-0.25, -0.2) is 4.39 Å². The second kappa shape index (κ2) is 7.86. The third-order valence-corrected chi connectivity index (χ3v) is 6.10. The first-order valence-corrected chi connectivity index (χ1v) is 9.80. The SMILES string of the molecule is COC1(C(=O)N2CCC(c3nc(-c4cccc(F)c4)no3)(C(F)(F)F)C2)CCOCC1. The van der Waals surface area contributed by atoms with E-state index in [-0.39, 0.29) is 30.8 Å². The summed E-state index contributed by atoms with van der Waals surface area (Å²) in [5, 5.41) is 3.62. The number of benzene rings is 1. The van der Waals surface area contributed by atoms with Gasteiger partial charge in [0.2, 0.25) is 11.7 Å². The number of rotatable bonds is 4. The van der Waals surface area contributed by atoms with Gasteiger partial charge in [-0.1, -0.05) is 17.3 Å². The minimum Gasteiger partial charge on any atom is -0.381 e. The van der Waals surface area contributed by atoms with E-state index < -0.39 is 47.8 Å². The number of aromatic nitrogens is 2. The van der Waals surface area contributed by atoms with Crippen LogP contribution in [-0.4, -0.2) is 66.1 Å². The summed E-state index contributed by atoms with van der Waals surface area (Å²) in [7, 11) is 1.37. The molecular weight excluding hydrogens is 422 g/mol. The second-order valence-electron chi connectivity index (χ2n) is 7.80. The monoisotopic (exact) mass is 443 g/mol. The maximum Gasteiger partial charge on any atom is 0.405 e. The van der Waals surface area contributed by atoms with E-state index in [1.54, 1.807) is 0 Å². The standard InChI is InChI=1S/C20H21F4N3O4/c1-29-19(6-9-30-10-7-19)17(28)27-8-5-18(12-27,20(22,23)24)16-25-15(26-31-16)13-3-2-4-14(21)11-13/h2-4,11H,5-10,12H2,1H3. The Balaban J connectivity index is 1.64. The van der Waals surface area contributed by atoms with Crippen LogP contribution in [0.2, 0.25) is 0 Å². The van der Waals surface area contributed by atoms with E-state index in [2.05, 4.69) is 10.1 Å². The predicted octanol–water partition coefficient (Wildman–Crippen LogP) is 3.10. The molecule has 168 valence electrons. The van der Waals surface area contributed by atoms with Crippen LogP contribution in [0.5, 0.6) is 0 Å². The normalized spacial score (nSPS) is 23.8. The molecule has 31 heavy (non-hydrogen) atoms. The Bertz CT molecular complexity index is 958. The lowest BCUT2D eigenvalue weighted by molar-refractivity contribution is -0.195. The lowest BCUT2D eigenvalue weighted by Gasteiger charge is -2.37. The fourth-order valence-electron chi connectivity index (χ4n) is 4.17.